The molecule has 0 bridgehead atoms. The quantitative estimate of drug-likeness (QED) is 0.596. The van der Waals surface area contributed by atoms with E-state index in [-0.39, 0.29) is 11.1 Å². The van der Waals surface area contributed by atoms with Crippen molar-refractivity contribution in [3.63, 3.8) is 0 Å². The Bertz CT molecular complexity index is 1250. The number of nitrogens with zero attached hydrogens (tertiary/aromatic N) is 2. The SMILES string of the molecule is Cc1ccc(NC(=O)COC(=O)c2ccc3c(=O)n4c(nc3c2)CCCCCC4)cc1Cl. The molecule has 0 atom stereocenters. The maximum Gasteiger partial charge on any atom is 0.338 e. The second kappa shape index (κ2) is 9.53. The van der Waals surface area contributed by atoms with E-state index in [1.165, 1.54) is 6.07 Å². The smallest absolute Gasteiger partial charge is 0.338 e. The number of carbonyl (C=O) groups is 2. The summed E-state index contributed by atoms with van der Waals surface area (Å²) in [6.45, 7) is 2.09. The summed E-state index contributed by atoms with van der Waals surface area (Å²) in [6.07, 6.45) is 4.92. The fourth-order valence-corrected chi connectivity index (χ4v) is 3.98. The minimum Gasteiger partial charge on any atom is -0.452 e. The minimum atomic E-state index is -0.655. The van der Waals surface area contributed by atoms with E-state index in [0.717, 1.165) is 43.5 Å². The first-order valence-electron chi connectivity index (χ1n) is 10.7. The molecule has 7 nitrogen and oxygen atoms in total. The largest absolute Gasteiger partial charge is 0.452 e. The predicted molar refractivity (Wildman–Crippen MR) is 123 cm³/mol. The Morgan fingerprint density at radius 3 is 2.75 bits per heavy atom. The van der Waals surface area contributed by atoms with Crippen LogP contribution < -0.4 is 10.9 Å². The third kappa shape index (κ3) is 4.83. The molecule has 4 rings (SSSR count). The number of benzene rings is 2. The molecule has 0 saturated heterocycles. The van der Waals surface area contributed by atoms with Gasteiger partial charge in [0.25, 0.3) is 11.5 Å². The number of hydrogen-bond donors (Lipinski definition) is 1. The van der Waals surface area contributed by atoms with Crippen molar-refractivity contribution >= 4 is 40.1 Å². The van der Waals surface area contributed by atoms with Gasteiger partial charge in [0.15, 0.2) is 6.61 Å². The molecule has 1 N–H and O–H groups in total. The lowest BCUT2D eigenvalue weighted by molar-refractivity contribution is -0.119. The van der Waals surface area contributed by atoms with Gasteiger partial charge in [-0.25, -0.2) is 9.78 Å². The third-order valence-corrected chi connectivity index (χ3v) is 6.00. The van der Waals surface area contributed by atoms with E-state index >= 15 is 0 Å². The normalized spacial score (nSPS) is 13.7. The van der Waals surface area contributed by atoms with Crippen molar-refractivity contribution in [2.75, 3.05) is 11.9 Å². The van der Waals surface area contributed by atoms with Crippen LogP contribution in [0.5, 0.6) is 0 Å². The van der Waals surface area contributed by atoms with Gasteiger partial charge in [-0.2, -0.15) is 0 Å². The van der Waals surface area contributed by atoms with Gasteiger partial charge in [-0.1, -0.05) is 30.5 Å². The van der Waals surface area contributed by atoms with E-state index in [9.17, 15) is 14.4 Å². The first-order valence-corrected chi connectivity index (χ1v) is 11.1. The maximum absolute atomic E-state index is 12.9. The lowest BCUT2D eigenvalue weighted by atomic mass is 10.1. The van der Waals surface area contributed by atoms with Gasteiger partial charge in [0, 0.05) is 23.7 Å². The van der Waals surface area contributed by atoms with E-state index in [1.807, 2.05) is 6.92 Å². The lowest BCUT2D eigenvalue weighted by Gasteiger charge is -2.16. The van der Waals surface area contributed by atoms with Crippen LogP contribution in [0.1, 0.15) is 47.4 Å². The van der Waals surface area contributed by atoms with E-state index in [0.29, 0.717) is 28.2 Å². The molecule has 1 amide bonds. The topological polar surface area (TPSA) is 90.3 Å². The van der Waals surface area contributed by atoms with Gasteiger partial charge in [0.2, 0.25) is 0 Å². The average Bonchev–Trinajstić information content (AvgIpc) is 2.75. The van der Waals surface area contributed by atoms with Crippen LogP contribution in [0.25, 0.3) is 10.9 Å². The van der Waals surface area contributed by atoms with Crippen LogP contribution in [0.4, 0.5) is 5.69 Å². The van der Waals surface area contributed by atoms with Gasteiger partial charge >= 0.3 is 5.97 Å². The Balaban J connectivity index is 1.47. The summed E-state index contributed by atoms with van der Waals surface area (Å²) in [6, 6.07) is 9.82. The number of ether oxygens (including phenoxy) is 1. The van der Waals surface area contributed by atoms with E-state index in [1.54, 1.807) is 34.9 Å². The highest BCUT2D eigenvalue weighted by molar-refractivity contribution is 6.31. The number of esters is 1. The molecule has 0 radical (unpaired) electrons. The van der Waals surface area contributed by atoms with Crippen LogP contribution in [0.15, 0.2) is 41.2 Å². The van der Waals surface area contributed by atoms with Crippen LogP contribution >= 0.6 is 11.6 Å². The highest BCUT2D eigenvalue weighted by Gasteiger charge is 2.16. The number of nitrogens with one attached hydrogen (secondary N) is 1. The van der Waals surface area contributed by atoms with Crippen molar-refractivity contribution in [2.24, 2.45) is 0 Å². The monoisotopic (exact) mass is 453 g/mol. The van der Waals surface area contributed by atoms with Crippen LogP contribution in [-0.2, 0) is 22.5 Å². The van der Waals surface area contributed by atoms with Crippen molar-refractivity contribution in [1.29, 1.82) is 0 Å². The molecule has 2 aromatic carbocycles. The summed E-state index contributed by atoms with van der Waals surface area (Å²) in [4.78, 5) is 42.2. The number of fused-ring (bicyclic) bond motifs is 2. The van der Waals surface area contributed by atoms with Crippen molar-refractivity contribution < 1.29 is 14.3 Å². The summed E-state index contributed by atoms with van der Waals surface area (Å²) < 4.78 is 6.90. The molecule has 32 heavy (non-hydrogen) atoms. The van der Waals surface area contributed by atoms with Crippen LogP contribution in [0.3, 0.4) is 0 Å². The Labute approximate surface area is 190 Å². The van der Waals surface area contributed by atoms with E-state index < -0.39 is 18.5 Å². The Morgan fingerprint density at radius 2 is 1.94 bits per heavy atom. The molecule has 3 aromatic rings. The van der Waals surface area contributed by atoms with Crippen molar-refractivity contribution in [1.82, 2.24) is 9.55 Å². The molecule has 1 aromatic heterocycles. The molecule has 0 fully saturated rings. The average molecular weight is 454 g/mol. The lowest BCUT2D eigenvalue weighted by Crippen LogP contribution is -2.26. The molecule has 0 saturated carbocycles. The van der Waals surface area contributed by atoms with Gasteiger partial charge in [-0.05, 0) is 55.7 Å². The number of aryl methyl sites for hydroxylation is 2. The number of amides is 1. The summed E-state index contributed by atoms with van der Waals surface area (Å²) in [5.74, 6) is -0.377. The number of halogens is 1. The predicted octanol–water partition coefficient (Wildman–Crippen LogP) is 4.27. The zero-order valence-electron chi connectivity index (χ0n) is 17.8. The zero-order valence-corrected chi connectivity index (χ0v) is 18.6. The van der Waals surface area contributed by atoms with Crippen LogP contribution in [-0.4, -0.2) is 28.0 Å². The second-order valence-corrected chi connectivity index (χ2v) is 8.38. The molecule has 0 aliphatic carbocycles. The summed E-state index contributed by atoms with van der Waals surface area (Å²) in [5.41, 5.74) is 2.05. The number of aromatic nitrogens is 2. The van der Waals surface area contributed by atoms with Gasteiger partial charge < -0.3 is 10.1 Å². The molecule has 8 heteroatoms. The molecule has 1 aliphatic heterocycles. The molecule has 166 valence electrons. The molecule has 0 unspecified atom stereocenters. The Hall–Kier alpha value is -3.19. The number of anilines is 1. The zero-order chi connectivity index (χ0) is 22.7. The fraction of sp³-hybridized carbons (Fsp3) is 0.333. The standard InChI is InChI=1S/C24H24ClN3O4/c1-15-7-9-17(13-19(15)25)26-22(29)14-32-24(31)16-8-10-18-20(12-16)27-21-6-4-2-3-5-11-28(21)23(18)30/h7-10,12-13H,2-6,11,14H2,1H3,(H,26,29). The molecular formula is C24H24ClN3O4. The summed E-state index contributed by atoms with van der Waals surface area (Å²) >= 11 is 6.06. The molecule has 0 spiro atoms. The first-order chi connectivity index (χ1) is 15.4. The third-order valence-electron chi connectivity index (χ3n) is 5.59. The van der Waals surface area contributed by atoms with Crippen LogP contribution in [0, 0.1) is 6.92 Å². The minimum absolute atomic E-state index is 0.0806. The highest BCUT2D eigenvalue weighted by Crippen LogP contribution is 2.20. The maximum atomic E-state index is 12.9. The summed E-state index contributed by atoms with van der Waals surface area (Å²) in [5, 5.41) is 3.65. The Kier molecular flexibility index (Phi) is 6.55. The second-order valence-electron chi connectivity index (χ2n) is 7.97. The number of carbonyl (C=O) groups excluding carboxylic acids is 2. The molecular weight excluding hydrogens is 430 g/mol. The Morgan fingerprint density at radius 1 is 1.12 bits per heavy atom. The number of hydrogen-bond acceptors (Lipinski definition) is 5. The van der Waals surface area contributed by atoms with E-state index in [2.05, 4.69) is 10.3 Å². The van der Waals surface area contributed by atoms with Crippen molar-refractivity contribution in [2.45, 2.75) is 45.6 Å². The molecule has 1 aliphatic rings. The van der Waals surface area contributed by atoms with Gasteiger partial charge in [-0.15, -0.1) is 0 Å². The van der Waals surface area contributed by atoms with Crippen molar-refractivity contribution in [3.05, 3.63) is 68.7 Å². The molecule has 2 heterocycles. The number of rotatable bonds is 4. The van der Waals surface area contributed by atoms with Gasteiger partial charge in [0.1, 0.15) is 5.82 Å². The highest BCUT2D eigenvalue weighted by atomic mass is 35.5. The summed E-state index contributed by atoms with van der Waals surface area (Å²) in [7, 11) is 0. The first kappa shape index (κ1) is 22.0. The van der Waals surface area contributed by atoms with Gasteiger partial charge in [-0.3, -0.25) is 14.2 Å². The van der Waals surface area contributed by atoms with E-state index in [4.69, 9.17) is 16.3 Å². The van der Waals surface area contributed by atoms with Gasteiger partial charge in [0.05, 0.1) is 16.5 Å². The van der Waals surface area contributed by atoms with Crippen molar-refractivity contribution in [3.8, 4) is 0 Å². The fourth-order valence-electron chi connectivity index (χ4n) is 3.80. The van der Waals surface area contributed by atoms with Crippen LogP contribution in [0.2, 0.25) is 5.02 Å².